The molecule has 3 aromatic carbocycles. The lowest BCUT2D eigenvalue weighted by Gasteiger charge is -2.40. The van der Waals surface area contributed by atoms with Gasteiger partial charge in [0, 0.05) is 37.4 Å². The molecule has 1 aliphatic heterocycles. The van der Waals surface area contributed by atoms with Gasteiger partial charge in [0.05, 0.1) is 13.7 Å². The normalized spacial score (nSPS) is 15.2. The summed E-state index contributed by atoms with van der Waals surface area (Å²) in [6.45, 7) is 3.23. The average Bonchev–Trinajstić information content (AvgIpc) is 3.34. The fourth-order valence-corrected chi connectivity index (χ4v) is 4.51. The van der Waals surface area contributed by atoms with E-state index in [1.807, 2.05) is 30.3 Å². The molecule has 2 heterocycles. The number of ether oxygens (including phenoxy) is 1. The van der Waals surface area contributed by atoms with E-state index in [1.54, 1.807) is 36.1 Å². The number of nitrogens with zero attached hydrogens (tertiary/aromatic N) is 6. The van der Waals surface area contributed by atoms with Crippen molar-refractivity contribution in [2.75, 3.05) is 38.2 Å². The second-order valence-electron chi connectivity index (χ2n) is 8.47. The average molecular weight is 477 g/mol. The fraction of sp³-hybridized carbons (Fsp3) is 0.269. The third kappa shape index (κ3) is 5.00. The molecule has 0 aliphatic carbocycles. The third-order valence-corrected chi connectivity index (χ3v) is 6.37. The minimum absolute atomic E-state index is 0.254. The highest BCUT2D eigenvalue weighted by Gasteiger charge is 2.32. The molecule has 1 saturated heterocycles. The Morgan fingerprint density at radius 3 is 2.29 bits per heavy atom. The van der Waals surface area contributed by atoms with Crippen molar-refractivity contribution < 1.29 is 13.5 Å². The monoisotopic (exact) mass is 476 g/mol. The van der Waals surface area contributed by atoms with Crippen LogP contribution in [0.2, 0.25) is 0 Å². The van der Waals surface area contributed by atoms with E-state index in [9.17, 15) is 4.39 Å². The Bertz CT molecular complexity index is 1250. The zero-order valence-corrected chi connectivity index (χ0v) is 19.4. The van der Waals surface area contributed by atoms with E-state index in [2.05, 4.69) is 25.3 Å². The molecule has 0 saturated carbocycles. The van der Waals surface area contributed by atoms with Gasteiger partial charge in [-0.1, -0.05) is 30.3 Å². The number of benzene rings is 3. The predicted octanol–water partition coefficient (Wildman–Crippen LogP) is 3.92. The van der Waals surface area contributed by atoms with Crippen LogP contribution in [0.4, 0.5) is 14.5 Å². The zero-order chi connectivity index (χ0) is 24.2. The van der Waals surface area contributed by atoms with Crippen LogP contribution in [-0.4, -0.2) is 58.4 Å². The molecular weight excluding hydrogens is 450 g/mol. The Hall–Kier alpha value is -3.85. The quantitative estimate of drug-likeness (QED) is 0.403. The molecule has 180 valence electrons. The molecular formula is C26H26F2N6O. The maximum atomic E-state index is 15.0. The maximum absolute atomic E-state index is 15.0. The van der Waals surface area contributed by atoms with Gasteiger partial charge in [-0.2, -0.15) is 0 Å². The second-order valence-corrected chi connectivity index (χ2v) is 8.47. The van der Waals surface area contributed by atoms with E-state index in [4.69, 9.17) is 4.74 Å². The van der Waals surface area contributed by atoms with Crippen molar-refractivity contribution in [1.82, 2.24) is 25.1 Å². The highest BCUT2D eigenvalue weighted by atomic mass is 19.1. The number of piperazine rings is 1. The number of aromatic nitrogens is 4. The lowest BCUT2D eigenvalue weighted by atomic mass is 10.0. The third-order valence-electron chi connectivity index (χ3n) is 6.37. The van der Waals surface area contributed by atoms with Gasteiger partial charge in [-0.05, 0) is 58.5 Å². The number of halogens is 2. The van der Waals surface area contributed by atoms with Crippen LogP contribution in [0.25, 0.3) is 0 Å². The summed E-state index contributed by atoms with van der Waals surface area (Å²) in [4.78, 5) is 4.41. The molecule has 0 amide bonds. The van der Waals surface area contributed by atoms with Crippen molar-refractivity contribution >= 4 is 5.69 Å². The van der Waals surface area contributed by atoms with Crippen molar-refractivity contribution in [2.24, 2.45) is 0 Å². The number of methoxy groups -OCH3 is 1. The summed E-state index contributed by atoms with van der Waals surface area (Å²) >= 11 is 0. The van der Waals surface area contributed by atoms with E-state index < -0.39 is 6.04 Å². The van der Waals surface area contributed by atoms with Crippen molar-refractivity contribution in [2.45, 2.75) is 12.6 Å². The molecule has 1 atom stereocenters. The fourth-order valence-electron chi connectivity index (χ4n) is 4.51. The van der Waals surface area contributed by atoms with Crippen molar-refractivity contribution in [3.63, 3.8) is 0 Å². The topological polar surface area (TPSA) is 59.3 Å². The molecule has 7 nitrogen and oxygen atoms in total. The molecule has 0 unspecified atom stereocenters. The first-order valence-corrected chi connectivity index (χ1v) is 11.5. The van der Waals surface area contributed by atoms with Crippen molar-refractivity contribution in [3.05, 3.63) is 101 Å². The van der Waals surface area contributed by atoms with Gasteiger partial charge in [0.2, 0.25) is 0 Å². The molecule has 1 aliphatic rings. The van der Waals surface area contributed by atoms with E-state index in [0.717, 1.165) is 30.1 Å². The predicted molar refractivity (Wildman–Crippen MR) is 128 cm³/mol. The largest absolute Gasteiger partial charge is 0.497 e. The van der Waals surface area contributed by atoms with Gasteiger partial charge in [-0.25, -0.2) is 13.5 Å². The lowest BCUT2D eigenvalue weighted by Crippen LogP contribution is -2.48. The highest BCUT2D eigenvalue weighted by Crippen LogP contribution is 2.31. The van der Waals surface area contributed by atoms with Gasteiger partial charge in [0.1, 0.15) is 23.4 Å². The number of rotatable bonds is 7. The molecule has 5 rings (SSSR count). The SMILES string of the molecule is COc1ccc(Cn2nnnc2[C@H](c2ccccc2F)N2CCN(c3ccc(F)cc3)CC2)cc1. The summed E-state index contributed by atoms with van der Waals surface area (Å²) in [6.07, 6.45) is 0. The van der Waals surface area contributed by atoms with Gasteiger partial charge < -0.3 is 9.64 Å². The Kier molecular flexibility index (Phi) is 6.67. The van der Waals surface area contributed by atoms with Crippen LogP contribution in [0.5, 0.6) is 5.75 Å². The van der Waals surface area contributed by atoms with Crippen LogP contribution in [0.1, 0.15) is 23.0 Å². The second kappa shape index (κ2) is 10.2. The molecule has 1 fully saturated rings. The summed E-state index contributed by atoms with van der Waals surface area (Å²) in [5, 5.41) is 12.5. The highest BCUT2D eigenvalue weighted by molar-refractivity contribution is 5.46. The van der Waals surface area contributed by atoms with E-state index >= 15 is 4.39 Å². The smallest absolute Gasteiger partial charge is 0.173 e. The van der Waals surface area contributed by atoms with Gasteiger partial charge in [0.25, 0.3) is 0 Å². The molecule has 1 aromatic heterocycles. The summed E-state index contributed by atoms with van der Waals surface area (Å²) in [5.74, 6) is 0.809. The molecule has 0 N–H and O–H groups in total. The standard InChI is InChI=1S/C26H26F2N6O/c1-35-22-12-6-19(7-13-22)18-34-26(29-30-31-34)25(23-4-2-3-5-24(23)28)33-16-14-32(15-17-33)21-10-8-20(27)9-11-21/h2-13,25H,14-18H2,1H3/t25-/m0/s1. The van der Waals surface area contributed by atoms with Crippen LogP contribution in [-0.2, 0) is 6.54 Å². The lowest BCUT2D eigenvalue weighted by molar-refractivity contribution is 0.198. The number of hydrogen-bond donors (Lipinski definition) is 0. The molecule has 4 aromatic rings. The van der Waals surface area contributed by atoms with Gasteiger partial charge in [-0.15, -0.1) is 5.10 Å². The summed E-state index contributed by atoms with van der Waals surface area (Å²) in [7, 11) is 1.63. The first-order valence-electron chi connectivity index (χ1n) is 11.5. The molecule has 0 spiro atoms. The minimum atomic E-state index is -0.445. The minimum Gasteiger partial charge on any atom is -0.497 e. The molecule has 0 radical (unpaired) electrons. The van der Waals surface area contributed by atoms with Crippen LogP contribution < -0.4 is 9.64 Å². The maximum Gasteiger partial charge on any atom is 0.173 e. The molecule has 9 heteroatoms. The van der Waals surface area contributed by atoms with E-state index in [1.165, 1.54) is 18.2 Å². The molecule has 35 heavy (non-hydrogen) atoms. The summed E-state index contributed by atoms with van der Waals surface area (Å²) in [5.41, 5.74) is 2.51. The Balaban J connectivity index is 1.42. The number of tetrazole rings is 1. The zero-order valence-electron chi connectivity index (χ0n) is 19.4. The van der Waals surface area contributed by atoms with Gasteiger partial charge in [-0.3, -0.25) is 4.90 Å². The van der Waals surface area contributed by atoms with Crippen LogP contribution in [0, 0.1) is 11.6 Å². The van der Waals surface area contributed by atoms with E-state index in [-0.39, 0.29) is 11.6 Å². The Labute approximate surface area is 202 Å². The van der Waals surface area contributed by atoms with E-state index in [0.29, 0.717) is 31.0 Å². The van der Waals surface area contributed by atoms with Crippen molar-refractivity contribution in [1.29, 1.82) is 0 Å². The van der Waals surface area contributed by atoms with Crippen molar-refractivity contribution in [3.8, 4) is 5.75 Å². The first kappa shape index (κ1) is 22.9. The van der Waals surface area contributed by atoms with Crippen LogP contribution in [0.3, 0.4) is 0 Å². The Morgan fingerprint density at radius 1 is 0.886 bits per heavy atom. The summed E-state index contributed by atoms with van der Waals surface area (Å²) < 4.78 is 35.4. The first-order chi connectivity index (χ1) is 17.1. The number of hydrogen-bond acceptors (Lipinski definition) is 6. The number of anilines is 1. The van der Waals surface area contributed by atoms with Gasteiger partial charge in [0.15, 0.2) is 5.82 Å². The Morgan fingerprint density at radius 2 is 1.60 bits per heavy atom. The van der Waals surface area contributed by atoms with Crippen LogP contribution in [0.15, 0.2) is 72.8 Å². The van der Waals surface area contributed by atoms with Crippen LogP contribution >= 0.6 is 0 Å². The van der Waals surface area contributed by atoms with Gasteiger partial charge >= 0.3 is 0 Å². The molecule has 0 bridgehead atoms. The summed E-state index contributed by atoms with van der Waals surface area (Å²) in [6, 6.07) is 20.5.